The fraction of sp³-hybridized carbons (Fsp3) is 0.500. The van der Waals surface area contributed by atoms with E-state index in [-0.39, 0.29) is 11.6 Å². The van der Waals surface area contributed by atoms with Gasteiger partial charge in [-0.15, -0.1) is 13.2 Å². The van der Waals surface area contributed by atoms with E-state index >= 15 is 0 Å². The Morgan fingerprint density at radius 3 is 2.36 bits per heavy atom. The lowest BCUT2D eigenvalue weighted by Gasteiger charge is -2.29. The molecular weight excluding hydrogens is 381 g/mol. The van der Waals surface area contributed by atoms with Gasteiger partial charge in [-0.05, 0) is 43.0 Å². The van der Waals surface area contributed by atoms with Crippen LogP contribution in [0.2, 0.25) is 0 Å². The maximum absolute atomic E-state index is 12.1. The lowest BCUT2D eigenvalue weighted by Crippen LogP contribution is -2.48. The molecule has 0 spiro atoms. The van der Waals surface area contributed by atoms with Crippen molar-refractivity contribution in [3.63, 3.8) is 0 Å². The molecule has 28 heavy (non-hydrogen) atoms. The summed E-state index contributed by atoms with van der Waals surface area (Å²) < 4.78 is 44.7. The van der Waals surface area contributed by atoms with Crippen LogP contribution in [0.4, 0.5) is 18.0 Å². The molecule has 1 fully saturated rings. The SMILES string of the molecule is C[C@@H]1CCCC[C@@H]1NC(=O)NC(=O)COC(=O)c1ccc(OC(F)(F)F)cc1. The molecular formula is C18H21F3N2O5. The molecule has 1 aliphatic carbocycles. The summed E-state index contributed by atoms with van der Waals surface area (Å²) in [5.74, 6) is -1.91. The third kappa shape index (κ3) is 7.09. The Morgan fingerprint density at radius 2 is 1.75 bits per heavy atom. The number of carbonyl (C=O) groups excluding carboxylic acids is 3. The van der Waals surface area contributed by atoms with Crippen LogP contribution in [-0.4, -0.2) is 36.9 Å². The molecule has 1 saturated carbocycles. The fourth-order valence-electron chi connectivity index (χ4n) is 2.90. The predicted molar refractivity (Wildman–Crippen MR) is 91.5 cm³/mol. The Bertz CT molecular complexity index is 706. The van der Waals surface area contributed by atoms with Crippen LogP contribution in [0, 0.1) is 5.92 Å². The lowest BCUT2D eigenvalue weighted by molar-refractivity contribution is -0.274. The first-order chi connectivity index (χ1) is 13.1. The average molecular weight is 402 g/mol. The first kappa shape index (κ1) is 21.5. The number of hydrogen-bond donors (Lipinski definition) is 2. The molecule has 7 nitrogen and oxygen atoms in total. The zero-order chi connectivity index (χ0) is 20.7. The fourth-order valence-corrected chi connectivity index (χ4v) is 2.90. The number of amides is 3. The molecule has 0 aromatic heterocycles. The third-order valence-electron chi connectivity index (χ3n) is 4.34. The number of nitrogens with one attached hydrogen (secondary N) is 2. The standard InChI is InChI=1S/C18H21F3N2O5/c1-11-4-2-3-5-14(11)22-17(26)23-15(24)10-27-16(25)12-6-8-13(9-7-12)28-18(19,20)21/h6-9,11,14H,2-5,10H2,1H3,(H2,22,23,24,26)/t11-,14+/m1/s1. The van der Waals surface area contributed by atoms with Crippen molar-refractivity contribution in [2.45, 2.75) is 45.0 Å². The molecule has 2 atom stereocenters. The van der Waals surface area contributed by atoms with Gasteiger partial charge in [-0.2, -0.15) is 0 Å². The Labute approximate surface area is 159 Å². The summed E-state index contributed by atoms with van der Waals surface area (Å²) in [6.07, 6.45) is -0.877. The van der Waals surface area contributed by atoms with Crippen molar-refractivity contribution in [2.24, 2.45) is 5.92 Å². The second-order valence-corrected chi connectivity index (χ2v) is 6.54. The van der Waals surface area contributed by atoms with Gasteiger partial charge in [0, 0.05) is 6.04 Å². The van der Waals surface area contributed by atoms with Gasteiger partial charge in [0.05, 0.1) is 5.56 Å². The summed E-state index contributed by atoms with van der Waals surface area (Å²) in [7, 11) is 0. The highest BCUT2D eigenvalue weighted by Gasteiger charge is 2.31. The van der Waals surface area contributed by atoms with Gasteiger partial charge in [0.15, 0.2) is 6.61 Å². The first-order valence-electron chi connectivity index (χ1n) is 8.77. The molecule has 0 bridgehead atoms. The molecule has 0 heterocycles. The number of urea groups is 1. The van der Waals surface area contributed by atoms with Crippen molar-refractivity contribution >= 4 is 17.9 Å². The molecule has 0 saturated heterocycles. The molecule has 0 unspecified atom stereocenters. The van der Waals surface area contributed by atoms with Crippen LogP contribution in [0.25, 0.3) is 0 Å². The van der Waals surface area contributed by atoms with Gasteiger partial charge in [0.1, 0.15) is 5.75 Å². The normalized spacial score (nSPS) is 19.4. The molecule has 1 aliphatic rings. The predicted octanol–water partition coefficient (Wildman–Crippen LogP) is 3.15. The van der Waals surface area contributed by atoms with Crippen molar-refractivity contribution in [1.29, 1.82) is 0 Å². The van der Waals surface area contributed by atoms with E-state index in [1.54, 1.807) is 0 Å². The van der Waals surface area contributed by atoms with Crippen LogP contribution >= 0.6 is 0 Å². The molecule has 3 amide bonds. The molecule has 2 rings (SSSR count). The van der Waals surface area contributed by atoms with Crippen molar-refractivity contribution < 1.29 is 37.0 Å². The maximum atomic E-state index is 12.1. The van der Waals surface area contributed by atoms with Crippen molar-refractivity contribution in [1.82, 2.24) is 10.6 Å². The Balaban J connectivity index is 1.75. The zero-order valence-corrected chi connectivity index (χ0v) is 15.2. The van der Waals surface area contributed by atoms with Gasteiger partial charge in [-0.1, -0.05) is 19.8 Å². The zero-order valence-electron chi connectivity index (χ0n) is 15.2. The van der Waals surface area contributed by atoms with Gasteiger partial charge in [-0.25, -0.2) is 9.59 Å². The summed E-state index contributed by atoms with van der Waals surface area (Å²) >= 11 is 0. The molecule has 1 aromatic rings. The van der Waals surface area contributed by atoms with Gasteiger partial charge >= 0.3 is 18.4 Å². The van der Waals surface area contributed by atoms with E-state index in [4.69, 9.17) is 4.74 Å². The van der Waals surface area contributed by atoms with Crippen molar-refractivity contribution in [3.8, 4) is 5.75 Å². The average Bonchev–Trinajstić information content (AvgIpc) is 2.61. The summed E-state index contributed by atoms with van der Waals surface area (Å²) in [5, 5.41) is 4.80. The van der Waals surface area contributed by atoms with Crippen LogP contribution in [0.15, 0.2) is 24.3 Å². The second kappa shape index (κ2) is 9.43. The van der Waals surface area contributed by atoms with Crippen LogP contribution < -0.4 is 15.4 Å². The number of rotatable bonds is 5. The number of ether oxygens (including phenoxy) is 2. The molecule has 0 aliphatic heterocycles. The highest BCUT2D eigenvalue weighted by atomic mass is 19.4. The Hall–Kier alpha value is -2.78. The van der Waals surface area contributed by atoms with E-state index in [0.29, 0.717) is 5.92 Å². The van der Waals surface area contributed by atoms with Crippen LogP contribution in [-0.2, 0) is 9.53 Å². The first-order valence-corrected chi connectivity index (χ1v) is 8.77. The van der Waals surface area contributed by atoms with Crippen LogP contribution in [0.1, 0.15) is 43.0 Å². The summed E-state index contributed by atoms with van der Waals surface area (Å²) in [6.45, 7) is 1.33. The van der Waals surface area contributed by atoms with Gasteiger partial charge in [-0.3, -0.25) is 10.1 Å². The number of esters is 1. The molecule has 1 aromatic carbocycles. The molecule has 0 radical (unpaired) electrons. The number of hydrogen-bond acceptors (Lipinski definition) is 5. The van der Waals surface area contributed by atoms with E-state index in [1.165, 1.54) is 0 Å². The van der Waals surface area contributed by atoms with E-state index in [1.807, 2.05) is 6.92 Å². The summed E-state index contributed by atoms with van der Waals surface area (Å²) in [5.41, 5.74) is -0.0668. The second-order valence-electron chi connectivity index (χ2n) is 6.54. The third-order valence-corrected chi connectivity index (χ3v) is 4.34. The smallest absolute Gasteiger partial charge is 0.452 e. The van der Waals surface area contributed by atoms with Gasteiger partial charge in [0.2, 0.25) is 0 Å². The number of alkyl halides is 3. The number of carbonyl (C=O) groups is 3. The Kier molecular flexibility index (Phi) is 7.24. The lowest BCUT2D eigenvalue weighted by atomic mass is 9.86. The number of halogens is 3. The largest absolute Gasteiger partial charge is 0.573 e. The molecule has 2 N–H and O–H groups in total. The monoisotopic (exact) mass is 402 g/mol. The van der Waals surface area contributed by atoms with Gasteiger partial charge < -0.3 is 14.8 Å². The Morgan fingerprint density at radius 1 is 1.11 bits per heavy atom. The highest BCUT2D eigenvalue weighted by molar-refractivity contribution is 5.97. The maximum Gasteiger partial charge on any atom is 0.573 e. The topological polar surface area (TPSA) is 93.7 Å². The van der Waals surface area contributed by atoms with Crippen LogP contribution in [0.5, 0.6) is 5.75 Å². The highest BCUT2D eigenvalue weighted by Crippen LogP contribution is 2.24. The van der Waals surface area contributed by atoms with E-state index in [9.17, 15) is 27.6 Å². The minimum Gasteiger partial charge on any atom is -0.452 e. The number of imide groups is 1. The quantitative estimate of drug-likeness (QED) is 0.738. The van der Waals surface area contributed by atoms with Crippen molar-refractivity contribution in [2.75, 3.05) is 6.61 Å². The van der Waals surface area contributed by atoms with E-state index < -0.39 is 36.6 Å². The van der Waals surface area contributed by atoms with E-state index in [2.05, 4.69) is 15.4 Å². The summed E-state index contributed by atoms with van der Waals surface area (Å²) in [4.78, 5) is 35.4. The molecule has 154 valence electrons. The van der Waals surface area contributed by atoms with Crippen LogP contribution in [0.3, 0.4) is 0 Å². The van der Waals surface area contributed by atoms with Gasteiger partial charge in [0.25, 0.3) is 5.91 Å². The molecule has 10 heteroatoms. The minimum absolute atomic E-state index is 0.0125. The minimum atomic E-state index is -4.84. The summed E-state index contributed by atoms with van der Waals surface area (Å²) in [6, 6.07) is 3.36. The number of benzene rings is 1. The van der Waals surface area contributed by atoms with E-state index in [0.717, 1.165) is 49.9 Å². The van der Waals surface area contributed by atoms with Crippen molar-refractivity contribution in [3.05, 3.63) is 29.8 Å².